The summed E-state index contributed by atoms with van der Waals surface area (Å²) in [5.74, 6) is 0.0145. The van der Waals surface area contributed by atoms with Crippen molar-refractivity contribution in [3.05, 3.63) is 94.0 Å². The molecule has 0 spiro atoms. The minimum absolute atomic E-state index is 0.243. The first kappa shape index (κ1) is 19.0. The van der Waals surface area contributed by atoms with Gasteiger partial charge in [0.05, 0.1) is 17.3 Å². The number of pyridine rings is 1. The monoisotopic (exact) mass is 428 g/mol. The second-order valence-corrected chi connectivity index (χ2v) is 6.86. The summed E-state index contributed by atoms with van der Waals surface area (Å²) in [5, 5.41) is 2.91. The first-order chi connectivity index (χ1) is 13.0. The van der Waals surface area contributed by atoms with E-state index < -0.39 is 5.82 Å². The van der Waals surface area contributed by atoms with E-state index >= 15 is 0 Å². The molecule has 1 unspecified atom stereocenters. The minimum atomic E-state index is -0.399. The van der Waals surface area contributed by atoms with Crippen LogP contribution in [0.25, 0.3) is 0 Å². The molecular formula is C21H18BrFN2O2. The smallest absolute Gasteiger partial charge is 0.252 e. The molecule has 1 atom stereocenters. The fourth-order valence-corrected chi connectivity index (χ4v) is 3.08. The summed E-state index contributed by atoms with van der Waals surface area (Å²) in [6, 6.07) is 16.9. The summed E-state index contributed by atoms with van der Waals surface area (Å²) in [6.07, 6.45) is 1.72. The summed E-state index contributed by atoms with van der Waals surface area (Å²) < 4.78 is 19.4. The Labute approximate surface area is 165 Å². The molecule has 0 bridgehead atoms. The third-order valence-corrected chi connectivity index (χ3v) is 4.65. The van der Waals surface area contributed by atoms with Crippen molar-refractivity contribution in [2.24, 2.45) is 0 Å². The number of nitrogens with one attached hydrogen (secondary N) is 1. The van der Waals surface area contributed by atoms with Gasteiger partial charge in [0, 0.05) is 10.7 Å². The minimum Gasteiger partial charge on any atom is -0.487 e. The molecule has 0 saturated carbocycles. The molecule has 6 heteroatoms. The maximum atomic E-state index is 13.2. The quantitative estimate of drug-likeness (QED) is 0.597. The lowest BCUT2D eigenvalue weighted by Gasteiger charge is -2.16. The van der Waals surface area contributed by atoms with Gasteiger partial charge >= 0.3 is 0 Å². The van der Waals surface area contributed by atoms with Crippen molar-refractivity contribution in [1.29, 1.82) is 0 Å². The predicted octanol–water partition coefficient (Wildman–Crippen LogP) is 5.05. The van der Waals surface area contributed by atoms with Gasteiger partial charge < -0.3 is 10.1 Å². The topological polar surface area (TPSA) is 51.2 Å². The number of nitrogens with zero attached hydrogens (tertiary/aromatic N) is 1. The van der Waals surface area contributed by atoms with Gasteiger partial charge in [-0.25, -0.2) is 4.39 Å². The Morgan fingerprint density at radius 2 is 2.04 bits per heavy atom. The summed E-state index contributed by atoms with van der Waals surface area (Å²) in [7, 11) is 0. The zero-order valence-electron chi connectivity index (χ0n) is 14.7. The molecule has 0 radical (unpaired) electrons. The molecule has 0 saturated heterocycles. The first-order valence-electron chi connectivity index (χ1n) is 8.41. The van der Waals surface area contributed by atoms with Gasteiger partial charge in [0.1, 0.15) is 18.2 Å². The number of carbonyl (C=O) groups is 1. The van der Waals surface area contributed by atoms with Crippen LogP contribution >= 0.6 is 15.9 Å². The van der Waals surface area contributed by atoms with Gasteiger partial charge in [-0.05, 0) is 70.9 Å². The van der Waals surface area contributed by atoms with Crippen LogP contribution in [0.3, 0.4) is 0 Å². The molecule has 1 heterocycles. The Bertz CT molecular complexity index is 934. The molecule has 0 aliphatic carbocycles. The maximum Gasteiger partial charge on any atom is 0.252 e. The van der Waals surface area contributed by atoms with Crippen molar-refractivity contribution in [2.45, 2.75) is 19.6 Å². The van der Waals surface area contributed by atoms with E-state index in [0.29, 0.717) is 22.4 Å². The Morgan fingerprint density at radius 3 is 2.78 bits per heavy atom. The normalized spacial score (nSPS) is 11.7. The summed E-state index contributed by atoms with van der Waals surface area (Å²) in [5.41, 5.74) is 2.12. The highest BCUT2D eigenvalue weighted by atomic mass is 79.9. The third-order valence-electron chi connectivity index (χ3n) is 3.99. The molecule has 0 aliphatic heterocycles. The van der Waals surface area contributed by atoms with Gasteiger partial charge in [-0.1, -0.05) is 18.2 Å². The van der Waals surface area contributed by atoms with Crippen LogP contribution in [0.4, 0.5) is 4.39 Å². The SMILES string of the molecule is CC(NC(=O)c1ccc(F)cc1Br)c1cccc(OCc2ccccn2)c1. The highest BCUT2D eigenvalue weighted by molar-refractivity contribution is 9.10. The fourth-order valence-electron chi connectivity index (χ4n) is 2.55. The van der Waals surface area contributed by atoms with E-state index in [9.17, 15) is 9.18 Å². The van der Waals surface area contributed by atoms with E-state index in [1.54, 1.807) is 6.20 Å². The molecule has 1 N–H and O–H groups in total. The Hall–Kier alpha value is -2.73. The molecule has 3 aromatic rings. The van der Waals surface area contributed by atoms with Crippen LogP contribution in [-0.4, -0.2) is 10.9 Å². The largest absolute Gasteiger partial charge is 0.487 e. The van der Waals surface area contributed by atoms with E-state index in [0.717, 1.165) is 11.3 Å². The molecular weight excluding hydrogens is 411 g/mol. The van der Waals surface area contributed by atoms with Crippen molar-refractivity contribution in [3.8, 4) is 5.75 Å². The lowest BCUT2D eigenvalue weighted by atomic mass is 10.1. The predicted molar refractivity (Wildman–Crippen MR) is 105 cm³/mol. The average Bonchev–Trinajstić information content (AvgIpc) is 2.67. The number of ether oxygens (including phenoxy) is 1. The Morgan fingerprint density at radius 1 is 1.19 bits per heavy atom. The molecule has 3 rings (SSSR count). The number of amides is 1. The number of benzene rings is 2. The van der Waals surface area contributed by atoms with Gasteiger partial charge in [0.2, 0.25) is 0 Å². The lowest BCUT2D eigenvalue weighted by Crippen LogP contribution is -2.27. The number of hydrogen-bond donors (Lipinski definition) is 1. The van der Waals surface area contributed by atoms with Gasteiger partial charge in [-0.2, -0.15) is 0 Å². The average molecular weight is 429 g/mol. The van der Waals surface area contributed by atoms with Crippen molar-refractivity contribution in [3.63, 3.8) is 0 Å². The van der Waals surface area contributed by atoms with Crippen LogP contribution in [-0.2, 0) is 6.61 Å². The Balaban J connectivity index is 1.66. The van der Waals surface area contributed by atoms with Crippen molar-refractivity contribution in [1.82, 2.24) is 10.3 Å². The van der Waals surface area contributed by atoms with E-state index in [1.807, 2.05) is 49.4 Å². The van der Waals surface area contributed by atoms with Gasteiger partial charge in [-0.15, -0.1) is 0 Å². The zero-order valence-corrected chi connectivity index (χ0v) is 16.2. The number of hydrogen-bond acceptors (Lipinski definition) is 3. The second kappa shape index (κ2) is 8.77. The molecule has 0 aliphatic rings. The highest BCUT2D eigenvalue weighted by Gasteiger charge is 2.15. The van der Waals surface area contributed by atoms with Crippen LogP contribution in [0.2, 0.25) is 0 Å². The number of halogens is 2. The standard InChI is InChI=1S/C21H18BrFN2O2/c1-14(25-21(26)19-9-8-16(23)12-20(19)22)15-5-4-7-18(11-15)27-13-17-6-2-3-10-24-17/h2-12,14H,13H2,1H3,(H,25,26). The second-order valence-electron chi connectivity index (χ2n) is 6.00. The number of rotatable bonds is 6. The maximum absolute atomic E-state index is 13.2. The number of aromatic nitrogens is 1. The molecule has 1 amide bonds. The zero-order chi connectivity index (χ0) is 19.2. The Kier molecular flexibility index (Phi) is 6.19. The van der Waals surface area contributed by atoms with Crippen molar-refractivity contribution < 1.29 is 13.9 Å². The van der Waals surface area contributed by atoms with Crippen LogP contribution in [0.1, 0.15) is 34.6 Å². The number of carbonyl (C=O) groups excluding carboxylic acids is 1. The molecule has 0 fully saturated rings. The van der Waals surface area contributed by atoms with E-state index in [1.165, 1.54) is 18.2 Å². The van der Waals surface area contributed by atoms with Crippen LogP contribution < -0.4 is 10.1 Å². The lowest BCUT2D eigenvalue weighted by molar-refractivity contribution is 0.0939. The van der Waals surface area contributed by atoms with Gasteiger partial charge in [-0.3, -0.25) is 9.78 Å². The van der Waals surface area contributed by atoms with E-state index in [2.05, 4.69) is 26.2 Å². The van der Waals surface area contributed by atoms with E-state index in [-0.39, 0.29) is 11.9 Å². The molecule has 2 aromatic carbocycles. The third kappa shape index (κ3) is 5.14. The fraction of sp³-hybridized carbons (Fsp3) is 0.143. The summed E-state index contributed by atoms with van der Waals surface area (Å²) in [4.78, 5) is 16.7. The summed E-state index contributed by atoms with van der Waals surface area (Å²) in [6.45, 7) is 2.25. The molecule has 4 nitrogen and oxygen atoms in total. The molecule has 27 heavy (non-hydrogen) atoms. The molecule has 138 valence electrons. The first-order valence-corrected chi connectivity index (χ1v) is 9.21. The van der Waals surface area contributed by atoms with Crippen LogP contribution in [0.15, 0.2) is 71.3 Å². The summed E-state index contributed by atoms with van der Waals surface area (Å²) >= 11 is 3.22. The van der Waals surface area contributed by atoms with Crippen molar-refractivity contribution in [2.75, 3.05) is 0 Å². The molecule has 1 aromatic heterocycles. The van der Waals surface area contributed by atoms with Crippen LogP contribution in [0, 0.1) is 5.82 Å². The van der Waals surface area contributed by atoms with Gasteiger partial charge in [0.15, 0.2) is 0 Å². The highest BCUT2D eigenvalue weighted by Crippen LogP contribution is 2.22. The van der Waals surface area contributed by atoms with Crippen LogP contribution in [0.5, 0.6) is 5.75 Å². The van der Waals surface area contributed by atoms with Gasteiger partial charge in [0.25, 0.3) is 5.91 Å². The van der Waals surface area contributed by atoms with E-state index in [4.69, 9.17) is 4.74 Å². The van der Waals surface area contributed by atoms with Crippen molar-refractivity contribution >= 4 is 21.8 Å².